The first-order valence-corrected chi connectivity index (χ1v) is 9.59. The average molecular weight is 439 g/mol. The van der Waals surface area contributed by atoms with Crippen molar-refractivity contribution in [1.82, 2.24) is 9.55 Å². The Hall–Kier alpha value is -4.14. The van der Waals surface area contributed by atoms with E-state index in [-0.39, 0.29) is 11.4 Å². The van der Waals surface area contributed by atoms with Gasteiger partial charge in [0.05, 0.1) is 18.1 Å². The molecule has 0 fully saturated rings. The van der Waals surface area contributed by atoms with Crippen LogP contribution in [0.3, 0.4) is 0 Å². The molecule has 0 aliphatic heterocycles. The van der Waals surface area contributed by atoms with E-state index in [1.807, 2.05) is 0 Å². The largest absolute Gasteiger partial charge is 0.497 e. The van der Waals surface area contributed by atoms with Crippen molar-refractivity contribution in [3.8, 4) is 22.6 Å². The van der Waals surface area contributed by atoms with Crippen LogP contribution in [0.25, 0.3) is 22.2 Å². The predicted molar refractivity (Wildman–Crippen MR) is 117 cm³/mol. The zero-order chi connectivity index (χ0) is 22.8. The Bertz CT molecular complexity index is 1340. The van der Waals surface area contributed by atoms with E-state index in [9.17, 15) is 18.4 Å². The van der Waals surface area contributed by atoms with E-state index in [0.717, 1.165) is 0 Å². The number of imidazole rings is 1. The third-order valence-electron chi connectivity index (χ3n) is 5.02. The number of halogens is 2. The second kappa shape index (κ2) is 8.54. The van der Waals surface area contributed by atoms with Crippen LogP contribution in [0, 0.1) is 0 Å². The number of aryl methyl sites for hydroxylation is 1. The Labute approximate surface area is 181 Å². The number of hydrogen-bond acceptors (Lipinski definition) is 4. The van der Waals surface area contributed by atoms with Gasteiger partial charge in [-0.05, 0) is 54.1 Å². The summed E-state index contributed by atoms with van der Waals surface area (Å²) in [4.78, 5) is 27.2. The third kappa shape index (κ3) is 4.18. The molecule has 7 nitrogen and oxygen atoms in total. The van der Waals surface area contributed by atoms with Crippen LogP contribution in [0.1, 0.15) is 10.4 Å². The molecule has 4 aromatic rings. The summed E-state index contributed by atoms with van der Waals surface area (Å²) in [6.07, 6.45) is 0. The summed E-state index contributed by atoms with van der Waals surface area (Å²) in [7, 11) is 3.16. The lowest BCUT2D eigenvalue weighted by Crippen LogP contribution is -2.12. The second-order valence-electron chi connectivity index (χ2n) is 6.99. The summed E-state index contributed by atoms with van der Waals surface area (Å²) in [6, 6.07) is 16.1. The molecule has 0 aliphatic rings. The minimum absolute atomic E-state index is 0.0218. The minimum atomic E-state index is -2.99. The van der Waals surface area contributed by atoms with E-state index in [1.54, 1.807) is 55.6 Å². The van der Waals surface area contributed by atoms with Crippen LogP contribution in [0.4, 0.5) is 14.5 Å². The summed E-state index contributed by atoms with van der Waals surface area (Å²) < 4.78 is 37.0. The van der Waals surface area contributed by atoms with Gasteiger partial charge < -0.3 is 19.8 Å². The SMILES string of the molecule is COc1ccc(-c2cc(NC(=O)c3ccc4c(c3)[nH]c(=O)n4C)ccc2OC(F)F)cc1. The van der Waals surface area contributed by atoms with Gasteiger partial charge in [0.25, 0.3) is 5.91 Å². The van der Waals surface area contributed by atoms with E-state index in [2.05, 4.69) is 15.0 Å². The maximum Gasteiger partial charge on any atom is 0.387 e. The van der Waals surface area contributed by atoms with Crippen molar-refractivity contribution in [3.63, 3.8) is 0 Å². The summed E-state index contributed by atoms with van der Waals surface area (Å²) in [5, 5.41) is 2.75. The Morgan fingerprint density at radius 1 is 1.06 bits per heavy atom. The minimum Gasteiger partial charge on any atom is -0.497 e. The average Bonchev–Trinajstić information content (AvgIpc) is 3.07. The fraction of sp³-hybridized carbons (Fsp3) is 0.130. The number of rotatable bonds is 6. The topological polar surface area (TPSA) is 85.4 Å². The number of ether oxygens (including phenoxy) is 2. The first-order valence-electron chi connectivity index (χ1n) is 9.59. The van der Waals surface area contributed by atoms with Gasteiger partial charge >= 0.3 is 12.3 Å². The Balaban J connectivity index is 1.65. The molecular formula is C23H19F2N3O4. The van der Waals surface area contributed by atoms with Crippen LogP contribution < -0.4 is 20.5 Å². The number of carbonyl (C=O) groups is 1. The molecule has 0 spiro atoms. The van der Waals surface area contributed by atoms with Crippen molar-refractivity contribution in [2.45, 2.75) is 6.61 Å². The molecule has 0 atom stereocenters. The highest BCUT2D eigenvalue weighted by Gasteiger charge is 2.15. The second-order valence-corrected chi connectivity index (χ2v) is 6.99. The molecule has 0 aliphatic carbocycles. The van der Waals surface area contributed by atoms with Crippen molar-refractivity contribution < 1.29 is 23.0 Å². The zero-order valence-electron chi connectivity index (χ0n) is 17.2. The molecule has 4 rings (SSSR count). The predicted octanol–water partition coefficient (Wildman–Crippen LogP) is 4.40. The first-order chi connectivity index (χ1) is 15.4. The molecule has 0 saturated carbocycles. The van der Waals surface area contributed by atoms with Crippen LogP contribution >= 0.6 is 0 Å². The highest BCUT2D eigenvalue weighted by molar-refractivity contribution is 6.06. The number of nitrogens with one attached hydrogen (secondary N) is 2. The van der Waals surface area contributed by atoms with Gasteiger partial charge in [-0.3, -0.25) is 9.36 Å². The normalized spacial score (nSPS) is 11.0. The summed E-state index contributed by atoms with van der Waals surface area (Å²) in [5.41, 5.74) is 2.64. The Morgan fingerprint density at radius 3 is 2.50 bits per heavy atom. The lowest BCUT2D eigenvalue weighted by atomic mass is 10.0. The van der Waals surface area contributed by atoms with Gasteiger partial charge in [-0.1, -0.05) is 12.1 Å². The number of aromatic nitrogens is 2. The van der Waals surface area contributed by atoms with Gasteiger partial charge in [0, 0.05) is 23.9 Å². The molecule has 1 heterocycles. The van der Waals surface area contributed by atoms with Crippen molar-refractivity contribution in [3.05, 3.63) is 76.7 Å². The number of carbonyl (C=O) groups excluding carboxylic acids is 1. The molecule has 1 amide bonds. The summed E-state index contributed by atoms with van der Waals surface area (Å²) >= 11 is 0. The third-order valence-corrected chi connectivity index (χ3v) is 5.02. The van der Waals surface area contributed by atoms with Crippen molar-refractivity contribution in [2.75, 3.05) is 12.4 Å². The molecule has 0 bridgehead atoms. The number of fused-ring (bicyclic) bond motifs is 1. The van der Waals surface area contributed by atoms with Crippen LogP contribution in [-0.2, 0) is 7.05 Å². The fourth-order valence-corrected chi connectivity index (χ4v) is 3.38. The maximum absolute atomic E-state index is 12.9. The van der Waals surface area contributed by atoms with Gasteiger partial charge in [-0.25, -0.2) is 4.79 Å². The molecule has 3 aromatic carbocycles. The van der Waals surface area contributed by atoms with Crippen molar-refractivity contribution in [1.29, 1.82) is 0 Å². The van der Waals surface area contributed by atoms with Crippen molar-refractivity contribution >= 4 is 22.6 Å². The molecule has 9 heteroatoms. The number of nitrogens with zero attached hydrogens (tertiary/aromatic N) is 1. The van der Waals surface area contributed by atoms with Gasteiger partial charge in [0.1, 0.15) is 11.5 Å². The molecular weight excluding hydrogens is 420 g/mol. The smallest absolute Gasteiger partial charge is 0.387 e. The van der Waals surface area contributed by atoms with Gasteiger partial charge in [-0.15, -0.1) is 0 Å². The molecule has 0 unspecified atom stereocenters. The van der Waals surface area contributed by atoms with Crippen LogP contribution in [0.15, 0.2) is 65.5 Å². The molecule has 32 heavy (non-hydrogen) atoms. The van der Waals surface area contributed by atoms with Crippen molar-refractivity contribution in [2.24, 2.45) is 7.05 Å². The number of benzene rings is 3. The number of methoxy groups -OCH3 is 1. The Morgan fingerprint density at radius 2 is 1.81 bits per heavy atom. The Kier molecular flexibility index (Phi) is 5.63. The molecule has 0 saturated heterocycles. The van der Waals surface area contributed by atoms with Crippen LogP contribution in [-0.4, -0.2) is 29.2 Å². The van der Waals surface area contributed by atoms with Gasteiger partial charge in [-0.2, -0.15) is 8.78 Å². The van der Waals surface area contributed by atoms with Crippen LogP contribution in [0.2, 0.25) is 0 Å². The van der Waals surface area contributed by atoms with Gasteiger partial charge in [0.15, 0.2) is 0 Å². The number of H-pyrrole nitrogens is 1. The standard InChI is InChI=1S/C23H19F2N3O4/c1-28-19-9-5-14(11-18(19)27-23(28)30)21(29)26-15-6-10-20(32-22(24)25)17(12-15)13-3-7-16(31-2)8-4-13/h3-12,22H,1-2H3,(H,26,29)(H,27,30). The monoisotopic (exact) mass is 439 g/mol. The van der Waals surface area contributed by atoms with E-state index in [1.165, 1.54) is 23.8 Å². The number of hydrogen-bond donors (Lipinski definition) is 2. The number of alkyl halides is 2. The number of amides is 1. The van der Waals surface area contributed by atoms with Gasteiger partial charge in [0.2, 0.25) is 0 Å². The summed E-state index contributed by atoms with van der Waals surface area (Å²) in [5.74, 6) is 0.176. The zero-order valence-corrected chi connectivity index (χ0v) is 17.2. The van der Waals surface area contributed by atoms with E-state index in [0.29, 0.717) is 39.2 Å². The lowest BCUT2D eigenvalue weighted by molar-refractivity contribution is -0.0494. The highest BCUT2D eigenvalue weighted by atomic mass is 19.3. The lowest BCUT2D eigenvalue weighted by Gasteiger charge is -2.14. The number of anilines is 1. The quantitative estimate of drug-likeness (QED) is 0.467. The fourth-order valence-electron chi connectivity index (χ4n) is 3.38. The maximum atomic E-state index is 12.9. The molecule has 0 radical (unpaired) electrons. The molecule has 164 valence electrons. The van der Waals surface area contributed by atoms with E-state index < -0.39 is 12.5 Å². The highest BCUT2D eigenvalue weighted by Crippen LogP contribution is 2.34. The summed E-state index contributed by atoms with van der Waals surface area (Å²) in [6.45, 7) is -2.99. The number of aromatic amines is 1. The first kappa shape index (κ1) is 21.1. The molecule has 2 N–H and O–H groups in total. The van der Waals surface area contributed by atoms with E-state index >= 15 is 0 Å². The molecule has 1 aromatic heterocycles. The van der Waals surface area contributed by atoms with E-state index in [4.69, 9.17) is 4.74 Å². The van der Waals surface area contributed by atoms with Crippen LogP contribution in [0.5, 0.6) is 11.5 Å².